The number of fused-ring (bicyclic) bond motifs is 1. The molecule has 3 heteroatoms. The second kappa shape index (κ2) is 4.36. The normalized spacial score (nSPS) is 22.2. The molecule has 16 heavy (non-hydrogen) atoms. The van der Waals surface area contributed by atoms with Crippen molar-refractivity contribution in [3.63, 3.8) is 0 Å². The van der Waals surface area contributed by atoms with E-state index in [1.165, 1.54) is 0 Å². The van der Waals surface area contributed by atoms with E-state index in [9.17, 15) is 4.79 Å². The summed E-state index contributed by atoms with van der Waals surface area (Å²) < 4.78 is 5.03. The zero-order valence-corrected chi connectivity index (χ0v) is 9.14. The number of ether oxygens (including phenoxy) is 1. The summed E-state index contributed by atoms with van der Waals surface area (Å²) in [7, 11) is 0. The summed E-state index contributed by atoms with van der Waals surface area (Å²) in [6.45, 7) is 2.18. The van der Waals surface area contributed by atoms with Gasteiger partial charge in [0, 0.05) is 0 Å². The number of hydrogen-bond donors (Lipinski definition) is 0. The van der Waals surface area contributed by atoms with Crippen molar-refractivity contribution in [1.29, 1.82) is 5.26 Å². The maximum Gasteiger partial charge on any atom is 0.313 e. The van der Waals surface area contributed by atoms with Gasteiger partial charge in [0.05, 0.1) is 24.5 Å². The van der Waals surface area contributed by atoms with E-state index in [-0.39, 0.29) is 17.8 Å². The van der Waals surface area contributed by atoms with Crippen LogP contribution in [0.1, 0.15) is 36.3 Å². The van der Waals surface area contributed by atoms with E-state index in [4.69, 9.17) is 10.00 Å². The van der Waals surface area contributed by atoms with Crippen molar-refractivity contribution in [2.24, 2.45) is 0 Å². The fourth-order valence-electron chi connectivity index (χ4n) is 2.22. The van der Waals surface area contributed by atoms with Gasteiger partial charge < -0.3 is 4.74 Å². The third-order valence-corrected chi connectivity index (χ3v) is 2.95. The second-order valence-corrected chi connectivity index (χ2v) is 3.85. The topological polar surface area (TPSA) is 50.1 Å². The van der Waals surface area contributed by atoms with E-state index >= 15 is 0 Å². The lowest BCUT2D eigenvalue weighted by Gasteiger charge is -2.09. The third kappa shape index (κ3) is 1.67. The van der Waals surface area contributed by atoms with Crippen LogP contribution >= 0.6 is 0 Å². The predicted octanol–water partition coefficient (Wildman–Crippen LogP) is 2.34. The molecule has 2 atom stereocenters. The first-order chi connectivity index (χ1) is 7.77. The van der Waals surface area contributed by atoms with Gasteiger partial charge in [-0.05, 0) is 24.5 Å². The van der Waals surface area contributed by atoms with Gasteiger partial charge in [-0.1, -0.05) is 24.3 Å². The van der Waals surface area contributed by atoms with E-state index in [1.54, 1.807) is 6.92 Å². The quantitative estimate of drug-likeness (QED) is 0.711. The highest BCUT2D eigenvalue weighted by atomic mass is 16.5. The molecule has 3 nitrogen and oxygen atoms in total. The third-order valence-electron chi connectivity index (χ3n) is 2.95. The van der Waals surface area contributed by atoms with E-state index in [0.29, 0.717) is 13.0 Å². The fraction of sp³-hybridized carbons (Fsp3) is 0.385. The van der Waals surface area contributed by atoms with Gasteiger partial charge in [0.25, 0.3) is 0 Å². The Kier molecular flexibility index (Phi) is 2.91. The zero-order chi connectivity index (χ0) is 11.5. The summed E-state index contributed by atoms with van der Waals surface area (Å²) in [5.41, 5.74) is 1.93. The first-order valence-corrected chi connectivity index (χ1v) is 5.43. The van der Waals surface area contributed by atoms with Crippen LogP contribution in [-0.4, -0.2) is 12.6 Å². The number of benzene rings is 1. The summed E-state index contributed by atoms with van der Waals surface area (Å²) in [6.07, 6.45) is 0.550. The number of nitrogens with zero attached hydrogens (tertiary/aromatic N) is 1. The van der Waals surface area contributed by atoms with Gasteiger partial charge in [-0.25, -0.2) is 0 Å². The smallest absolute Gasteiger partial charge is 0.313 e. The van der Waals surface area contributed by atoms with Crippen LogP contribution in [0, 0.1) is 11.3 Å². The van der Waals surface area contributed by atoms with Crippen molar-refractivity contribution in [1.82, 2.24) is 0 Å². The molecule has 0 aromatic heterocycles. The predicted molar refractivity (Wildman–Crippen MR) is 58.8 cm³/mol. The van der Waals surface area contributed by atoms with Crippen LogP contribution in [-0.2, 0) is 9.53 Å². The number of nitriles is 1. The molecule has 0 fully saturated rings. The molecule has 82 valence electrons. The average molecular weight is 215 g/mol. The molecule has 0 amide bonds. The molecule has 0 saturated carbocycles. The average Bonchev–Trinajstić information content (AvgIpc) is 2.68. The molecule has 0 radical (unpaired) electrons. The van der Waals surface area contributed by atoms with Gasteiger partial charge in [-0.2, -0.15) is 5.26 Å². The largest absolute Gasteiger partial charge is 0.466 e. The monoisotopic (exact) mass is 215 g/mol. The molecule has 2 rings (SSSR count). The van der Waals surface area contributed by atoms with Gasteiger partial charge in [-0.3, -0.25) is 4.79 Å². The summed E-state index contributed by atoms with van der Waals surface area (Å²) in [5, 5.41) is 9.04. The Labute approximate surface area is 94.6 Å². The van der Waals surface area contributed by atoms with E-state index < -0.39 is 0 Å². The molecule has 1 aromatic carbocycles. The number of carbonyl (C=O) groups is 1. The summed E-state index contributed by atoms with van der Waals surface area (Å²) >= 11 is 0. The number of hydrogen-bond acceptors (Lipinski definition) is 3. The van der Waals surface area contributed by atoms with Crippen LogP contribution in [0.4, 0.5) is 0 Å². The molecule has 2 unspecified atom stereocenters. The lowest BCUT2D eigenvalue weighted by molar-refractivity contribution is -0.144. The number of esters is 1. The molecular formula is C13H13NO2. The SMILES string of the molecule is CCOC(=O)C1CC(C#N)c2ccccc21. The number of rotatable bonds is 2. The Bertz CT molecular complexity index is 447. The molecule has 1 aliphatic rings. The molecule has 1 aliphatic carbocycles. The van der Waals surface area contributed by atoms with Gasteiger partial charge in [0.2, 0.25) is 0 Å². The van der Waals surface area contributed by atoms with Crippen molar-refractivity contribution >= 4 is 5.97 Å². The minimum atomic E-state index is -0.263. The van der Waals surface area contributed by atoms with Crippen molar-refractivity contribution in [3.05, 3.63) is 35.4 Å². The standard InChI is InChI=1S/C13H13NO2/c1-2-16-13(15)12-7-9(8-14)10-5-3-4-6-11(10)12/h3-6,9,12H,2,7H2,1H3. The first kappa shape index (κ1) is 10.7. The fourth-order valence-corrected chi connectivity index (χ4v) is 2.22. The zero-order valence-electron chi connectivity index (χ0n) is 9.14. The van der Waals surface area contributed by atoms with Crippen LogP contribution in [0.15, 0.2) is 24.3 Å². The minimum Gasteiger partial charge on any atom is -0.466 e. The van der Waals surface area contributed by atoms with Crippen molar-refractivity contribution in [2.45, 2.75) is 25.2 Å². The van der Waals surface area contributed by atoms with Crippen molar-refractivity contribution in [3.8, 4) is 6.07 Å². The van der Waals surface area contributed by atoms with E-state index in [0.717, 1.165) is 11.1 Å². The van der Waals surface area contributed by atoms with E-state index in [2.05, 4.69) is 6.07 Å². The van der Waals surface area contributed by atoms with E-state index in [1.807, 2.05) is 24.3 Å². The Morgan fingerprint density at radius 3 is 2.81 bits per heavy atom. The maximum absolute atomic E-state index is 11.7. The number of carbonyl (C=O) groups excluding carboxylic acids is 1. The van der Waals surface area contributed by atoms with Crippen LogP contribution in [0.25, 0.3) is 0 Å². The maximum atomic E-state index is 11.7. The van der Waals surface area contributed by atoms with Crippen LogP contribution in [0.3, 0.4) is 0 Å². The van der Waals surface area contributed by atoms with Gasteiger partial charge in [-0.15, -0.1) is 0 Å². The molecule has 0 N–H and O–H groups in total. The molecule has 0 saturated heterocycles. The van der Waals surface area contributed by atoms with Crippen LogP contribution in [0.2, 0.25) is 0 Å². The highest BCUT2D eigenvalue weighted by Crippen LogP contribution is 2.41. The summed E-state index contributed by atoms with van der Waals surface area (Å²) in [6, 6.07) is 9.86. The minimum absolute atomic E-state index is 0.175. The molecular weight excluding hydrogens is 202 g/mol. The lowest BCUT2D eigenvalue weighted by atomic mass is 10.0. The summed E-state index contributed by atoms with van der Waals surface area (Å²) in [5.74, 6) is -0.654. The van der Waals surface area contributed by atoms with Crippen molar-refractivity contribution in [2.75, 3.05) is 6.61 Å². The summed E-state index contributed by atoms with van der Waals surface area (Å²) in [4.78, 5) is 11.7. The molecule has 0 bridgehead atoms. The Balaban J connectivity index is 2.33. The Hall–Kier alpha value is -1.82. The highest BCUT2D eigenvalue weighted by Gasteiger charge is 2.35. The van der Waals surface area contributed by atoms with Crippen molar-refractivity contribution < 1.29 is 9.53 Å². The highest BCUT2D eigenvalue weighted by molar-refractivity contribution is 5.80. The van der Waals surface area contributed by atoms with Gasteiger partial charge >= 0.3 is 5.97 Å². The Morgan fingerprint density at radius 1 is 1.50 bits per heavy atom. The van der Waals surface area contributed by atoms with Gasteiger partial charge in [0.15, 0.2) is 0 Å². The van der Waals surface area contributed by atoms with Crippen LogP contribution < -0.4 is 0 Å². The Morgan fingerprint density at radius 2 is 2.19 bits per heavy atom. The van der Waals surface area contributed by atoms with Crippen LogP contribution in [0.5, 0.6) is 0 Å². The molecule has 1 aromatic rings. The second-order valence-electron chi connectivity index (χ2n) is 3.85. The van der Waals surface area contributed by atoms with Gasteiger partial charge in [0.1, 0.15) is 0 Å². The molecule has 0 aliphatic heterocycles. The lowest BCUT2D eigenvalue weighted by Crippen LogP contribution is -2.13. The molecule has 0 heterocycles. The first-order valence-electron chi connectivity index (χ1n) is 5.43. The molecule has 0 spiro atoms.